The van der Waals surface area contributed by atoms with Crippen LogP contribution in [0.5, 0.6) is 0 Å². The second kappa shape index (κ2) is 4.85. The molecule has 0 aromatic carbocycles. The SMILES string of the molecule is Cc1sc2ncn(Cc3ccc(C(=O)O)o3)c(=O)c2c1C. The zero-order chi connectivity index (χ0) is 15.1. The highest BCUT2D eigenvalue weighted by atomic mass is 32.1. The molecule has 0 spiro atoms. The third-order valence-electron chi connectivity index (χ3n) is 3.35. The van der Waals surface area contributed by atoms with Gasteiger partial charge in [-0.3, -0.25) is 9.36 Å². The Kier molecular flexibility index (Phi) is 3.13. The molecule has 3 rings (SSSR count). The van der Waals surface area contributed by atoms with Crippen LogP contribution < -0.4 is 5.56 Å². The van der Waals surface area contributed by atoms with Crippen LogP contribution in [0, 0.1) is 13.8 Å². The average Bonchev–Trinajstić information content (AvgIpc) is 3.00. The van der Waals surface area contributed by atoms with E-state index in [9.17, 15) is 9.59 Å². The lowest BCUT2D eigenvalue weighted by atomic mass is 10.2. The molecule has 0 atom stereocenters. The Morgan fingerprint density at radius 1 is 1.43 bits per heavy atom. The largest absolute Gasteiger partial charge is 0.475 e. The summed E-state index contributed by atoms with van der Waals surface area (Å²) in [5.74, 6) is -0.874. The molecule has 0 aliphatic carbocycles. The van der Waals surface area contributed by atoms with Crippen molar-refractivity contribution in [3.8, 4) is 0 Å². The number of nitrogens with zero attached hydrogens (tertiary/aromatic N) is 2. The van der Waals surface area contributed by atoms with Gasteiger partial charge in [0.1, 0.15) is 10.6 Å². The van der Waals surface area contributed by atoms with E-state index in [1.165, 1.54) is 28.3 Å². The lowest BCUT2D eigenvalue weighted by Crippen LogP contribution is -2.20. The molecule has 0 unspecified atom stereocenters. The Morgan fingerprint density at radius 2 is 2.19 bits per heavy atom. The number of carboxylic acids is 1. The summed E-state index contributed by atoms with van der Waals surface area (Å²) in [5, 5.41) is 9.44. The zero-order valence-corrected chi connectivity index (χ0v) is 12.2. The summed E-state index contributed by atoms with van der Waals surface area (Å²) in [7, 11) is 0. The molecule has 0 saturated carbocycles. The summed E-state index contributed by atoms with van der Waals surface area (Å²) in [5.41, 5.74) is 0.794. The average molecular weight is 304 g/mol. The Balaban J connectivity index is 2.04. The highest BCUT2D eigenvalue weighted by Gasteiger charge is 2.14. The molecule has 108 valence electrons. The minimum atomic E-state index is -1.13. The molecule has 3 aromatic heterocycles. The summed E-state index contributed by atoms with van der Waals surface area (Å²) in [6.45, 7) is 4.01. The fraction of sp³-hybridized carbons (Fsp3) is 0.214. The van der Waals surface area contributed by atoms with Gasteiger partial charge in [-0.15, -0.1) is 11.3 Å². The number of thiophene rings is 1. The van der Waals surface area contributed by atoms with E-state index in [0.29, 0.717) is 11.1 Å². The number of hydrogen-bond donors (Lipinski definition) is 1. The van der Waals surface area contributed by atoms with E-state index < -0.39 is 5.97 Å². The third kappa shape index (κ3) is 2.25. The van der Waals surface area contributed by atoms with Crippen LogP contribution in [0.4, 0.5) is 0 Å². The molecular weight excluding hydrogens is 292 g/mol. The van der Waals surface area contributed by atoms with Crippen LogP contribution in [0.25, 0.3) is 10.2 Å². The summed E-state index contributed by atoms with van der Waals surface area (Å²) < 4.78 is 6.59. The van der Waals surface area contributed by atoms with E-state index in [4.69, 9.17) is 9.52 Å². The second-order valence-corrected chi connectivity index (χ2v) is 5.92. The van der Waals surface area contributed by atoms with E-state index in [1.54, 1.807) is 6.07 Å². The van der Waals surface area contributed by atoms with Gasteiger partial charge in [0.05, 0.1) is 18.3 Å². The topological polar surface area (TPSA) is 85.3 Å². The lowest BCUT2D eigenvalue weighted by molar-refractivity contribution is 0.0660. The summed E-state index contributed by atoms with van der Waals surface area (Å²) >= 11 is 1.49. The molecule has 3 heterocycles. The maximum atomic E-state index is 12.5. The van der Waals surface area contributed by atoms with E-state index in [2.05, 4.69) is 4.98 Å². The van der Waals surface area contributed by atoms with Gasteiger partial charge in [-0.1, -0.05) is 0 Å². The quantitative estimate of drug-likeness (QED) is 0.803. The first kappa shape index (κ1) is 13.6. The first-order valence-electron chi connectivity index (χ1n) is 6.24. The van der Waals surface area contributed by atoms with Crippen molar-refractivity contribution in [3.05, 3.63) is 50.8 Å². The van der Waals surface area contributed by atoms with E-state index in [0.717, 1.165) is 15.3 Å². The van der Waals surface area contributed by atoms with Gasteiger partial charge in [-0.05, 0) is 31.5 Å². The molecule has 0 aliphatic heterocycles. The van der Waals surface area contributed by atoms with Crippen molar-refractivity contribution in [2.45, 2.75) is 20.4 Å². The number of aromatic nitrogens is 2. The van der Waals surface area contributed by atoms with Crippen molar-refractivity contribution in [2.24, 2.45) is 0 Å². The number of carbonyl (C=O) groups is 1. The summed E-state index contributed by atoms with van der Waals surface area (Å²) in [4.78, 5) is 29.3. The fourth-order valence-electron chi connectivity index (χ4n) is 2.13. The number of aryl methyl sites for hydroxylation is 2. The minimum Gasteiger partial charge on any atom is -0.475 e. The van der Waals surface area contributed by atoms with Gasteiger partial charge in [0, 0.05) is 4.88 Å². The number of rotatable bonds is 3. The van der Waals surface area contributed by atoms with Gasteiger partial charge in [0.15, 0.2) is 0 Å². The van der Waals surface area contributed by atoms with Crippen molar-refractivity contribution in [2.75, 3.05) is 0 Å². The molecule has 0 saturated heterocycles. The smallest absolute Gasteiger partial charge is 0.371 e. The van der Waals surface area contributed by atoms with Crippen LogP contribution in [-0.4, -0.2) is 20.6 Å². The maximum absolute atomic E-state index is 12.5. The molecule has 21 heavy (non-hydrogen) atoms. The van der Waals surface area contributed by atoms with Crippen LogP contribution in [-0.2, 0) is 6.54 Å². The van der Waals surface area contributed by atoms with Crippen molar-refractivity contribution in [3.63, 3.8) is 0 Å². The van der Waals surface area contributed by atoms with Gasteiger partial charge >= 0.3 is 5.97 Å². The molecule has 6 nitrogen and oxygen atoms in total. The zero-order valence-electron chi connectivity index (χ0n) is 11.4. The van der Waals surface area contributed by atoms with Gasteiger partial charge in [0.25, 0.3) is 5.56 Å². The molecule has 0 amide bonds. The van der Waals surface area contributed by atoms with Gasteiger partial charge < -0.3 is 9.52 Å². The highest BCUT2D eigenvalue weighted by molar-refractivity contribution is 7.18. The summed E-state index contributed by atoms with van der Waals surface area (Å²) in [6.07, 6.45) is 1.46. The molecule has 1 N–H and O–H groups in total. The summed E-state index contributed by atoms with van der Waals surface area (Å²) in [6, 6.07) is 2.92. The van der Waals surface area contributed by atoms with Crippen LogP contribution in [0.2, 0.25) is 0 Å². The number of furan rings is 1. The number of carboxylic acid groups (broad SMARTS) is 1. The van der Waals surface area contributed by atoms with Crippen LogP contribution in [0.3, 0.4) is 0 Å². The molecule has 3 aromatic rings. The van der Waals surface area contributed by atoms with Gasteiger partial charge in [0.2, 0.25) is 5.76 Å². The van der Waals surface area contributed by atoms with Crippen LogP contribution in [0.15, 0.2) is 27.7 Å². The second-order valence-electron chi connectivity index (χ2n) is 4.71. The Labute approximate surface area is 123 Å². The van der Waals surface area contributed by atoms with Gasteiger partial charge in [-0.2, -0.15) is 0 Å². The normalized spacial score (nSPS) is 11.1. The van der Waals surface area contributed by atoms with Crippen molar-refractivity contribution >= 4 is 27.5 Å². The van der Waals surface area contributed by atoms with Crippen LogP contribution in [0.1, 0.15) is 26.8 Å². The molecule has 0 bridgehead atoms. The standard InChI is InChI=1S/C14H12N2O4S/c1-7-8(2)21-12-11(7)13(17)16(6-15-12)5-9-3-4-10(20-9)14(18)19/h3-4,6H,5H2,1-2H3,(H,18,19). The number of hydrogen-bond acceptors (Lipinski definition) is 5. The molecule has 0 aliphatic rings. The van der Waals surface area contributed by atoms with Crippen molar-refractivity contribution in [1.29, 1.82) is 0 Å². The molecule has 0 fully saturated rings. The van der Waals surface area contributed by atoms with Crippen molar-refractivity contribution < 1.29 is 14.3 Å². The Hall–Kier alpha value is -2.41. The number of aromatic carboxylic acids is 1. The molecule has 0 radical (unpaired) electrons. The minimum absolute atomic E-state index is 0.143. The third-order valence-corrected chi connectivity index (χ3v) is 4.47. The molecule has 7 heteroatoms. The monoisotopic (exact) mass is 304 g/mol. The first-order valence-corrected chi connectivity index (χ1v) is 7.06. The fourth-order valence-corrected chi connectivity index (χ4v) is 3.12. The highest BCUT2D eigenvalue weighted by Crippen LogP contribution is 2.25. The first-order chi connectivity index (χ1) is 9.97. The Bertz CT molecular complexity index is 903. The predicted molar refractivity (Wildman–Crippen MR) is 78.1 cm³/mol. The Morgan fingerprint density at radius 3 is 2.86 bits per heavy atom. The van der Waals surface area contributed by atoms with E-state index >= 15 is 0 Å². The van der Waals surface area contributed by atoms with E-state index in [1.807, 2.05) is 13.8 Å². The van der Waals surface area contributed by atoms with Gasteiger partial charge in [-0.25, -0.2) is 9.78 Å². The number of fused-ring (bicyclic) bond motifs is 1. The molecular formula is C14H12N2O4S. The lowest BCUT2D eigenvalue weighted by Gasteiger charge is -2.03. The predicted octanol–water partition coefficient (Wildman–Crippen LogP) is 2.41. The van der Waals surface area contributed by atoms with E-state index in [-0.39, 0.29) is 17.9 Å². The maximum Gasteiger partial charge on any atom is 0.371 e. The van der Waals surface area contributed by atoms with Crippen LogP contribution >= 0.6 is 11.3 Å². The van der Waals surface area contributed by atoms with Crippen molar-refractivity contribution in [1.82, 2.24) is 9.55 Å².